The summed E-state index contributed by atoms with van der Waals surface area (Å²) in [6.07, 6.45) is 4.14. The number of hydrazone groups is 1. The van der Waals surface area contributed by atoms with Gasteiger partial charge >= 0.3 is 0 Å². The minimum Gasteiger partial charge on any atom is -0.489 e. The number of rotatable bonds is 10. The van der Waals surface area contributed by atoms with Gasteiger partial charge in [-0.1, -0.05) is 72.8 Å². The molecular weight excluding hydrogens is 542 g/mol. The summed E-state index contributed by atoms with van der Waals surface area (Å²) in [6, 6.07) is 42.6. The molecule has 5 heteroatoms. The zero-order chi connectivity index (χ0) is 30.3. The van der Waals surface area contributed by atoms with E-state index in [1.54, 1.807) is 6.21 Å². The number of allylic oxidation sites excluding steroid dienone is 1. The first-order chi connectivity index (χ1) is 21.6. The molecule has 0 aliphatic rings. The number of aromatic nitrogens is 1. The summed E-state index contributed by atoms with van der Waals surface area (Å²) in [5.41, 5.74) is 10.5. The van der Waals surface area contributed by atoms with E-state index >= 15 is 0 Å². The van der Waals surface area contributed by atoms with E-state index in [1.807, 2.05) is 78.9 Å². The summed E-state index contributed by atoms with van der Waals surface area (Å²) < 4.78 is 8.38. The van der Waals surface area contributed by atoms with Crippen LogP contribution in [-0.4, -0.2) is 16.7 Å². The van der Waals surface area contributed by atoms with E-state index < -0.39 is 0 Å². The van der Waals surface area contributed by atoms with Crippen molar-refractivity contribution in [3.05, 3.63) is 168 Å². The number of carbonyl (C=O) groups is 1. The van der Waals surface area contributed by atoms with E-state index in [9.17, 15) is 4.79 Å². The number of ether oxygens (including phenoxy) is 1. The largest absolute Gasteiger partial charge is 0.489 e. The van der Waals surface area contributed by atoms with Crippen molar-refractivity contribution in [3.8, 4) is 22.7 Å². The van der Waals surface area contributed by atoms with Crippen molar-refractivity contribution >= 4 is 22.9 Å². The molecule has 0 aliphatic carbocycles. The summed E-state index contributed by atoms with van der Waals surface area (Å²) >= 11 is 0. The third kappa shape index (κ3) is 6.37. The molecule has 5 nitrogen and oxygen atoms in total. The van der Waals surface area contributed by atoms with Crippen LogP contribution in [0.4, 0.5) is 0 Å². The average molecular weight is 576 g/mol. The molecule has 1 heterocycles. The van der Waals surface area contributed by atoms with Crippen LogP contribution in [0.1, 0.15) is 32.7 Å². The highest BCUT2D eigenvalue weighted by Gasteiger charge is 2.11. The molecule has 1 amide bonds. The van der Waals surface area contributed by atoms with Crippen LogP contribution in [0.5, 0.6) is 5.75 Å². The second-order valence-electron chi connectivity index (χ2n) is 10.6. The molecule has 0 aliphatic heterocycles. The average Bonchev–Trinajstić information content (AvgIpc) is 3.46. The van der Waals surface area contributed by atoms with E-state index in [0.717, 1.165) is 45.1 Å². The first-order valence-electron chi connectivity index (χ1n) is 14.6. The Kier molecular flexibility index (Phi) is 8.46. The highest BCUT2D eigenvalue weighted by molar-refractivity contribution is 5.95. The Morgan fingerprint density at radius 1 is 0.841 bits per heavy atom. The molecular formula is C39H33N3O2. The Labute approximate surface area is 257 Å². The molecule has 44 heavy (non-hydrogen) atoms. The molecule has 0 bridgehead atoms. The van der Waals surface area contributed by atoms with Crippen LogP contribution in [0, 0.1) is 6.92 Å². The van der Waals surface area contributed by atoms with Gasteiger partial charge in [-0.3, -0.25) is 4.79 Å². The summed E-state index contributed by atoms with van der Waals surface area (Å²) in [6.45, 7) is 6.44. The van der Waals surface area contributed by atoms with E-state index in [-0.39, 0.29) is 5.91 Å². The van der Waals surface area contributed by atoms with Crippen LogP contribution < -0.4 is 10.2 Å². The standard InChI is InChI=1S/C39H33N3O2/c1-3-9-35-24-29(16-23-38(35)44-27-30-15-17-31-10-7-8-13-34(31)25-30)26-40-41-39(43)33-18-20-36(21-19-33)42-28(2)14-22-37(42)32-11-5-4-6-12-32/h3-8,10-26H,1,9,27H2,2H3,(H,41,43)/b40-26+. The molecule has 1 N–H and O–H groups in total. The molecule has 0 atom stereocenters. The number of hydrogen-bond acceptors (Lipinski definition) is 3. The number of fused-ring (bicyclic) bond motifs is 1. The Bertz CT molecular complexity index is 1950. The van der Waals surface area contributed by atoms with E-state index in [1.165, 1.54) is 10.8 Å². The van der Waals surface area contributed by atoms with E-state index in [4.69, 9.17) is 4.74 Å². The van der Waals surface area contributed by atoms with Crippen molar-refractivity contribution in [1.29, 1.82) is 0 Å². The van der Waals surface area contributed by atoms with Crippen molar-refractivity contribution in [2.75, 3.05) is 0 Å². The summed E-state index contributed by atoms with van der Waals surface area (Å²) in [7, 11) is 0. The Balaban J connectivity index is 1.10. The van der Waals surface area contributed by atoms with Crippen molar-refractivity contribution in [2.45, 2.75) is 20.0 Å². The quantitative estimate of drug-likeness (QED) is 0.101. The maximum absolute atomic E-state index is 12.8. The fourth-order valence-electron chi connectivity index (χ4n) is 5.33. The minimum atomic E-state index is -0.276. The minimum absolute atomic E-state index is 0.276. The van der Waals surface area contributed by atoms with Crippen LogP contribution >= 0.6 is 0 Å². The summed E-state index contributed by atoms with van der Waals surface area (Å²) in [5.74, 6) is 0.523. The van der Waals surface area contributed by atoms with Crippen LogP contribution in [0.3, 0.4) is 0 Å². The van der Waals surface area contributed by atoms with Gasteiger partial charge < -0.3 is 9.30 Å². The van der Waals surface area contributed by atoms with Gasteiger partial charge in [0.25, 0.3) is 5.91 Å². The number of amides is 1. The predicted octanol–water partition coefficient (Wildman–Crippen LogP) is 8.68. The molecule has 6 aromatic rings. The topological polar surface area (TPSA) is 55.6 Å². The summed E-state index contributed by atoms with van der Waals surface area (Å²) in [4.78, 5) is 12.8. The Morgan fingerprint density at radius 3 is 2.41 bits per heavy atom. The van der Waals surface area contributed by atoms with Gasteiger partial charge in [0.15, 0.2) is 0 Å². The molecule has 216 valence electrons. The van der Waals surface area contributed by atoms with Crippen molar-refractivity contribution in [1.82, 2.24) is 9.99 Å². The van der Waals surface area contributed by atoms with Crippen molar-refractivity contribution in [2.24, 2.45) is 5.10 Å². The molecule has 0 radical (unpaired) electrons. The van der Waals surface area contributed by atoms with Gasteiger partial charge in [0, 0.05) is 16.9 Å². The maximum Gasteiger partial charge on any atom is 0.271 e. The maximum atomic E-state index is 12.8. The molecule has 0 saturated heterocycles. The number of hydrogen-bond donors (Lipinski definition) is 1. The second-order valence-corrected chi connectivity index (χ2v) is 10.6. The predicted molar refractivity (Wildman–Crippen MR) is 180 cm³/mol. The fourth-order valence-corrected chi connectivity index (χ4v) is 5.33. The third-order valence-corrected chi connectivity index (χ3v) is 7.57. The number of nitrogens with zero attached hydrogens (tertiary/aromatic N) is 2. The lowest BCUT2D eigenvalue weighted by atomic mass is 10.1. The van der Waals surface area contributed by atoms with E-state index in [0.29, 0.717) is 18.6 Å². The number of carbonyl (C=O) groups excluding carboxylic acids is 1. The normalized spacial score (nSPS) is 11.1. The summed E-state index contributed by atoms with van der Waals surface area (Å²) in [5, 5.41) is 6.62. The van der Waals surface area contributed by atoms with Crippen LogP contribution in [0.25, 0.3) is 27.7 Å². The van der Waals surface area contributed by atoms with Crippen LogP contribution in [0.2, 0.25) is 0 Å². The van der Waals surface area contributed by atoms with Gasteiger partial charge in [-0.15, -0.1) is 6.58 Å². The van der Waals surface area contributed by atoms with Gasteiger partial charge in [-0.2, -0.15) is 5.10 Å². The van der Waals surface area contributed by atoms with Gasteiger partial charge in [-0.05, 0) is 107 Å². The lowest BCUT2D eigenvalue weighted by Crippen LogP contribution is -2.17. The first kappa shape index (κ1) is 28.4. The highest BCUT2D eigenvalue weighted by Crippen LogP contribution is 2.27. The SMILES string of the molecule is C=CCc1cc(/C=N/NC(=O)c2ccc(-n3c(C)ccc3-c3ccccc3)cc2)ccc1OCc1ccc2ccccc2c1. The fraction of sp³-hybridized carbons (Fsp3) is 0.0769. The van der Waals surface area contributed by atoms with Crippen LogP contribution in [0.15, 0.2) is 145 Å². The molecule has 1 aromatic heterocycles. The number of benzene rings is 5. The van der Waals surface area contributed by atoms with Gasteiger partial charge in [0.05, 0.1) is 11.9 Å². The zero-order valence-electron chi connectivity index (χ0n) is 24.6. The molecule has 6 rings (SSSR count). The second kappa shape index (κ2) is 13.1. The molecule has 0 fully saturated rings. The van der Waals surface area contributed by atoms with E-state index in [2.05, 4.69) is 83.2 Å². The monoisotopic (exact) mass is 575 g/mol. The highest BCUT2D eigenvalue weighted by atomic mass is 16.5. The number of nitrogens with one attached hydrogen (secondary N) is 1. The Hall–Kier alpha value is -5.68. The van der Waals surface area contributed by atoms with Crippen LogP contribution in [-0.2, 0) is 13.0 Å². The van der Waals surface area contributed by atoms with Crippen molar-refractivity contribution in [3.63, 3.8) is 0 Å². The number of aryl methyl sites for hydroxylation is 1. The smallest absolute Gasteiger partial charge is 0.271 e. The first-order valence-corrected chi connectivity index (χ1v) is 14.6. The molecule has 5 aromatic carbocycles. The third-order valence-electron chi connectivity index (χ3n) is 7.57. The van der Waals surface area contributed by atoms with Gasteiger partial charge in [0.2, 0.25) is 0 Å². The van der Waals surface area contributed by atoms with Gasteiger partial charge in [0.1, 0.15) is 12.4 Å². The molecule has 0 spiro atoms. The van der Waals surface area contributed by atoms with Gasteiger partial charge in [-0.25, -0.2) is 5.43 Å². The van der Waals surface area contributed by atoms with Crippen molar-refractivity contribution < 1.29 is 9.53 Å². The lowest BCUT2D eigenvalue weighted by molar-refractivity contribution is 0.0955. The molecule has 0 unspecified atom stereocenters. The zero-order valence-corrected chi connectivity index (χ0v) is 24.6. The molecule has 0 saturated carbocycles. The lowest BCUT2D eigenvalue weighted by Gasteiger charge is -2.13. The Morgan fingerprint density at radius 2 is 1.61 bits per heavy atom.